The first kappa shape index (κ1) is 20.1. The zero-order valence-electron chi connectivity index (χ0n) is 17.5. The van der Waals surface area contributed by atoms with E-state index in [2.05, 4.69) is 5.32 Å². The quantitative estimate of drug-likeness (QED) is 0.631. The Morgan fingerprint density at radius 1 is 1.27 bits per heavy atom. The van der Waals surface area contributed by atoms with E-state index in [1.165, 1.54) is 6.07 Å². The molecule has 1 aromatic carbocycles. The number of carbonyl (C=O) groups is 1. The zero-order valence-corrected chi connectivity index (χ0v) is 17.5. The number of nitrogens with one attached hydrogen (secondary N) is 1. The van der Waals surface area contributed by atoms with E-state index in [1.54, 1.807) is 6.07 Å². The standard InChI is InChI=1S/C23H26N2O5/c1-15-12-20(27)29-22-16-6-7-23(2,3)30-17(16)13-18(21(15)22)28-14-19(26)24-8-11-25-9-4-5-10-25/h4-5,9-10,12-13H,6-8,11,14H2,1-3H3,(H,24,26). The van der Waals surface area contributed by atoms with Crippen LogP contribution in [0.2, 0.25) is 0 Å². The summed E-state index contributed by atoms with van der Waals surface area (Å²) in [6.45, 7) is 6.93. The van der Waals surface area contributed by atoms with Crippen LogP contribution in [0.5, 0.6) is 11.5 Å². The van der Waals surface area contributed by atoms with Crippen molar-refractivity contribution in [2.45, 2.75) is 45.8 Å². The van der Waals surface area contributed by atoms with Crippen molar-refractivity contribution in [3.05, 3.63) is 58.2 Å². The summed E-state index contributed by atoms with van der Waals surface area (Å²) < 4.78 is 19.5. The van der Waals surface area contributed by atoms with E-state index < -0.39 is 5.63 Å². The molecule has 1 aliphatic rings. The Balaban J connectivity index is 1.55. The second kappa shape index (κ2) is 7.89. The first-order valence-corrected chi connectivity index (χ1v) is 10.1. The number of benzene rings is 1. The van der Waals surface area contributed by atoms with Gasteiger partial charge in [-0.3, -0.25) is 4.79 Å². The topological polar surface area (TPSA) is 82.7 Å². The minimum atomic E-state index is -0.410. The molecule has 0 saturated heterocycles. The molecule has 2 aromatic heterocycles. The van der Waals surface area contributed by atoms with Crippen LogP contribution in [0.15, 0.2) is 45.9 Å². The van der Waals surface area contributed by atoms with Gasteiger partial charge in [0.1, 0.15) is 22.7 Å². The molecule has 4 rings (SSSR count). The summed E-state index contributed by atoms with van der Waals surface area (Å²) in [4.78, 5) is 24.3. The number of amides is 1. The maximum Gasteiger partial charge on any atom is 0.336 e. The SMILES string of the molecule is Cc1cc(=O)oc2c3c(cc(OCC(=O)NCCn4cccc4)c12)OC(C)(C)CC3. The lowest BCUT2D eigenvalue weighted by Gasteiger charge is -2.33. The van der Waals surface area contributed by atoms with Crippen molar-refractivity contribution in [2.24, 2.45) is 0 Å². The highest BCUT2D eigenvalue weighted by Gasteiger charge is 2.30. The Kier molecular flexibility index (Phi) is 5.28. The first-order valence-electron chi connectivity index (χ1n) is 10.1. The van der Waals surface area contributed by atoms with Gasteiger partial charge in [-0.25, -0.2) is 4.79 Å². The van der Waals surface area contributed by atoms with Crippen LogP contribution in [-0.4, -0.2) is 29.2 Å². The van der Waals surface area contributed by atoms with Gasteiger partial charge < -0.3 is 23.8 Å². The van der Waals surface area contributed by atoms with Crippen molar-refractivity contribution < 1.29 is 18.7 Å². The Morgan fingerprint density at radius 3 is 2.80 bits per heavy atom. The highest BCUT2D eigenvalue weighted by Crippen LogP contribution is 2.42. The van der Waals surface area contributed by atoms with Gasteiger partial charge in [-0.05, 0) is 51.3 Å². The van der Waals surface area contributed by atoms with E-state index >= 15 is 0 Å². The zero-order chi connectivity index (χ0) is 21.3. The molecule has 0 aliphatic carbocycles. The second-order valence-electron chi connectivity index (χ2n) is 8.23. The van der Waals surface area contributed by atoms with Crippen LogP contribution in [0, 0.1) is 6.92 Å². The molecule has 30 heavy (non-hydrogen) atoms. The summed E-state index contributed by atoms with van der Waals surface area (Å²) >= 11 is 0. The normalized spacial score (nSPS) is 14.8. The summed E-state index contributed by atoms with van der Waals surface area (Å²) in [6, 6.07) is 7.12. The van der Waals surface area contributed by atoms with Crippen LogP contribution >= 0.6 is 0 Å². The third-order valence-corrected chi connectivity index (χ3v) is 5.32. The number of aromatic nitrogens is 1. The second-order valence-corrected chi connectivity index (χ2v) is 8.23. The van der Waals surface area contributed by atoms with Crippen LogP contribution in [0.1, 0.15) is 31.4 Å². The minimum Gasteiger partial charge on any atom is -0.487 e. The molecular weight excluding hydrogens is 384 g/mol. The number of fused-ring (bicyclic) bond motifs is 3. The first-order chi connectivity index (χ1) is 14.3. The van der Waals surface area contributed by atoms with Crippen LogP contribution in [0.4, 0.5) is 0 Å². The largest absolute Gasteiger partial charge is 0.487 e. The maximum absolute atomic E-state index is 12.3. The number of nitrogens with zero attached hydrogens (tertiary/aromatic N) is 1. The van der Waals surface area contributed by atoms with Gasteiger partial charge in [-0.1, -0.05) is 0 Å². The van der Waals surface area contributed by atoms with E-state index in [-0.39, 0.29) is 18.1 Å². The van der Waals surface area contributed by atoms with Gasteiger partial charge in [-0.15, -0.1) is 0 Å². The lowest BCUT2D eigenvalue weighted by atomic mass is 9.92. The Labute approximate surface area is 174 Å². The Hall–Kier alpha value is -3.22. The Morgan fingerprint density at radius 2 is 2.03 bits per heavy atom. The summed E-state index contributed by atoms with van der Waals surface area (Å²) in [5.74, 6) is 0.892. The number of hydrogen-bond donors (Lipinski definition) is 1. The molecule has 7 heteroatoms. The maximum atomic E-state index is 12.3. The summed E-state index contributed by atoms with van der Waals surface area (Å²) in [5.41, 5.74) is 1.37. The van der Waals surface area contributed by atoms with Crippen molar-refractivity contribution in [3.63, 3.8) is 0 Å². The number of hydrogen-bond acceptors (Lipinski definition) is 5. The average Bonchev–Trinajstić information content (AvgIpc) is 3.18. The molecule has 158 valence electrons. The fourth-order valence-electron chi connectivity index (χ4n) is 3.77. The van der Waals surface area contributed by atoms with Gasteiger partial charge in [0.25, 0.3) is 5.91 Å². The average molecular weight is 410 g/mol. The molecular formula is C23H26N2O5. The third kappa shape index (κ3) is 4.20. The smallest absolute Gasteiger partial charge is 0.336 e. The molecule has 0 fully saturated rings. The fourth-order valence-corrected chi connectivity index (χ4v) is 3.77. The molecule has 0 bridgehead atoms. The monoisotopic (exact) mass is 410 g/mol. The highest BCUT2D eigenvalue weighted by atomic mass is 16.5. The van der Waals surface area contributed by atoms with Gasteiger partial charge >= 0.3 is 5.63 Å². The number of ether oxygens (including phenoxy) is 2. The predicted octanol–water partition coefficient (Wildman–Crippen LogP) is 3.20. The molecule has 3 heterocycles. The van der Waals surface area contributed by atoms with Crippen molar-refractivity contribution in [1.29, 1.82) is 0 Å². The summed E-state index contributed by atoms with van der Waals surface area (Å²) in [7, 11) is 0. The molecule has 0 atom stereocenters. The van der Waals surface area contributed by atoms with Crippen LogP contribution in [-0.2, 0) is 17.8 Å². The van der Waals surface area contributed by atoms with Gasteiger partial charge in [0.05, 0.1) is 5.39 Å². The van der Waals surface area contributed by atoms with Crippen molar-refractivity contribution >= 4 is 16.9 Å². The van der Waals surface area contributed by atoms with Crippen molar-refractivity contribution in [3.8, 4) is 11.5 Å². The molecule has 0 unspecified atom stereocenters. The summed E-state index contributed by atoms with van der Waals surface area (Å²) in [5, 5.41) is 3.55. The number of aryl methyl sites for hydroxylation is 2. The fraction of sp³-hybridized carbons (Fsp3) is 0.391. The molecule has 0 saturated carbocycles. The van der Waals surface area contributed by atoms with Crippen molar-refractivity contribution in [2.75, 3.05) is 13.2 Å². The molecule has 3 aromatic rings. The minimum absolute atomic E-state index is 0.137. The molecule has 0 spiro atoms. The molecule has 1 N–H and O–H groups in total. The Bertz CT molecular complexity index is 1130. The van der Waals surface area contributed by atoms with Crippen LogP contribution < -0.4 is 20.4 Å². The van der Waals surface area contributed by atoms with Gasteiger partial charge in [0, 0.05) is 43.2 Å². The molecule has 0 radical (unpaired) electrons. The van der Waals surface area contributed by atoms with E-state index in [1.807, 2.05) is 49.9 Å². The van der Waals surface area contributed by atoms with E-state index in [0.29, 0.717) is 35.6 Å². The van der Waals surface area contributed by atoms with Crippen LogP contribution in [0.25, 0.3) is 11.0 Å². The molecule has 1 aliphatic heterocycles. The highest BCUT2D eigenvalue weighted by molar-refractivity contribution is 5.91. The number of rotatable bonds is 6. The predicted molar refractivity (Wildman–Crippen MR) is 113 cm³/mol. The van der Waals surface area contributed by atoms with Gasteiger partial charge in [0.15, 0.2) is 6.61 Å². The molecule has 1 amide bonds. The van der Waals surface area contributed by atoms with Gasteiger partial charge in [0.2, 0.25) is 0 Å². The van der Waals surface area contributed by atoms with E-state index in [4.69, 9.17) is 13.9 Å². The van der Waals surface area contributed by atoms with Crippen molar-refractivity contribution in [1.82, 2.24) is 9.88 Å². The lowest BCUT2D eigenvalue weighted by Crippen LogP contribution is -2.33. The van der Waals surface area contributed by atoms with Crippen LogP contribution in [0.3, 0.4) is 0 Å². The summed E-state index contributed by atoms with van der Waals surface area (Å²) in [6.07, 6.45) is 5.45. The third-order valence-electron chi connectivity index (χ3n) is 5.32. The number of carbonyl (C=O) groups excluding carboxylic acids is 1. The lowest BCUT2D eigenvalue weighted by molar-refractivity contribution is -0.123. The molecule has 7 nitrogen and oxygen atoms in total. The van der Waals surface area contributed by atoms with Gasteiger partial charge in [-0.2, -0.15) is 0 Å². The van der Waals surface area contributed by atoms with E-state index in [9.17, 15) is 9.59 Å². The van der Waals surface area contributed by atoms with E-state index in [0.717, 1.165) is 24.0 Å².